The molecule has 0 saturated carbocycles. The van der Waals surface area contributed by atoms with Crippen molar-refractivity contribution < 1.29 is 9.53 Å². The van der Waals surface area contributed by atoms with Gasteiger partial charge in [-0.3, -0.25) is 4.79 Å². The van der Waals surface area contributed by atoms with Crippen molar-refractivity contribution in [1.82, 2.24) is 15.6 Å². The van der Waals surface area contributed by atoms with Crippen LogP contribution in [0.15, 0.2) is 10.9 Å². The van der Waals surface area contributed by atoms with Crippen LogP contribution in [0.1, 0.15) is 55.8 Å². The first-order chi connectivity index (χ1) is 11.6. The van der Waals surface area contributed by atoms with E-state index in [0.29, 0.717) is 11.7 Å². The number of carbonyl (C=O) groups excluding carboxylic acids is 1. The summed E-state index contributed by atoms with van der Waals surface area (Å²) in [5.41, 5.74) is 2.79. The normalized spacial score (nSPS) is 20.6. The van der Waals surface area contributed by atoms with Crippen LogP contribution in [0.3, 0.4) is 0 Å². The molecule has 0 aromatic carbocycles. The van der Waals surface area contributed by atoms with Gasteiger partial charge in [0.15, 0.2) is 0 Å². The Morgan fingerprint density at radius 2 is 2.29 bits per heavy atom. The summed E-state index contributed by atoms with van der Waals surface area (Å²) in [5.74, 6) is 0. The van der Waals surface area contributed by atoms with Gasteiger partial charge in [0, 0.05) is 30.5 Å². The zero-order valence-electron chi connectivity index (χ0n) is 14.3. The summed E-state index contributed by atoms with van der Waals surface area (Å²) < 4.78 is 5.60. The average Bonchev–Trinajstić information content (AvgIpc) is 3.21. The molecule has 2 aliphatic rings. The Labute approximate surface area is 142 Å². The molecule has 1 aliphatic heterocycles. The zero-order chi connectivity index (χ0) is 16.9. The molecule has 0 radical (unpaired) electrons. The molecule has 2 atom stereocenters. The van der Waals surface area contributed by atoms with Crippen molar-refractivity contribution in [3.05, 3.63) is 33.2 Å². The van der Waals surface area contributed by atoms with E-state index in [1.54, 1.807) is 0 Å². The highest BCUT2D eigenvalue weighted by molar-refractivity contribution is 5.74. The molecule has 2 heterocycles. The lowest BCUT2D eigenvalue weighted by atomic mass is 10.1. The fourth-order valence-electron chi connectivity index (χ4n) is 3.52. The third-order valence-corrected chi connectivity index (χ3v) is 4.93. The Balaban J connectivity index is 1.43. The van der Waals surface area contributed by atoms with E-state index in [4.69, 9.17) is 4.74 Å². The Morgan fingerprint density at radius 1 is 1.42 bits per heavy atom. The third kappa shape index (κ3) is 4.38. The molecule has 6 heteroatoms. The lowest BCUT2D eigenvalue weighted by molar-refractivity contribution is 0.100. The molecule has 3 rings (SSSR count). The standard InChI is InChI=1S/C18H27N3O3/c1-12(7-8-15-5-3-9-24-15)20-18(23)19-11-14-10-13-4-2-6-16(13)21-17(14)22/h10,12,15H,2-9,11H2,1H3,(H,21,22)(H2,19,20,23). The van der Waals surface area contributed by atoms with E-state index in [1.165, 1.54) is 5.56 Å². The van der Waals surface area contributed by atoms with Gasteiger partial charge in [-0.1, -0.05) is 0 Å². The molecule has 24 heavy (non-hydrogen) atoms. The predicted octanol–water partition coefficient (Wildman–Crippen LogP) is 2.01. The summed E-state index contributed by atoms with van der Waals surface area (Å²) in [7, 11) is 0. The first kappa shape index (κ1) is 17.0. The number of nitrogens with one attached hydrogen (secondary N) is 3. The minimum Gasteiger partial charge on any atom is -0.378 e. The van der Waals surface area contributed by atoms with E-state index in [1.807, 2.05) is 13.0 Å². The maximum atomic E-state index is 12.0. The highest BCUT2D eigenvalue weighted by atomic mass is 16.5. The number of pyridine rings is 1. The number of aromatic amines is 1. The number of H-pyrrole nitrogens is 1. The van der Waals surface area contributed by atoms with Gasteiger partial charge in [0.05, 0.1) is 6.10 Å². The summed E-state index contributed by atoms with van der Waals surface area (Å²) in [6.07, 6.45) is 7.53. The molecule has 1 saturated heterocycles. The highest BCUT2D eigenvalue weighted by Gasteiger charge is 2.17. The van der Waals surface area contributed by atoms with Crippen molar-refractivity contribution >= 4 is 6.03 Å². The number of amides is 2. The van der Waals surface area contributed by atoms with E-state index in [-0.39, 0.29) is 24.2 Å². The molecule has 0 bridgehead atoms. The monoisotopic (exact) mass is 333 g/mol. The van der Waals surface area contributed by atoms with Crippen LogP contribution in [-0.4, -0.2) is 29.8 Å². The van der Waals surface area contributed by atoms with Crippen LogP contribution in [0, 0.1) is 0 Å². The van der Waals surface area contributed by atoms with Crippen molar-refractivity contribution in [3.8, 4) is 0 Å². The maximum absolute atomic E-state index is 12.0. The zero-order valence-corrected chi connectivity index (χ0v) is 14.3. The summed E-state index contributed by atoms with van der Waals surface area (Å²) in [6.45, 7) is 3.12. The molecular formula is C18H27N3O3. The van der Waals surface area contributed by atoms with Gasteiger partial charge in [0.1, 0.15) is 0 Å². The van der Waals surface area contributed by atoms with Crippen molar-refractivity contribution in [2.75, 3.05) is 6.61 Å². The van der Waals surface area contributed by atoms with Crippen LogP contribution in [0.4, 0.5) is 4.79 Å². The number of ether oxygens (including phenoxy) is 1. The van der Waals surface area contributed by atoms with E-state index in [2.05, 4.69) is 15.6 Å². The van der Waals surface area contributed by atoms with E-state index >= 15 is 0 Å². The Morgan fingerprint density at radius 3 is 3.08 bits per heavy atom. The second-order valence-corrected chi connectivity index (χ2v) is 6.92. The fraction of sp³-hybridized carbons (Fsp3) is 0.667. The molecule has 1 aromatic heterocycles. The number of rotatable bonds is 6. The third-order valence-electron chi connectivity index (χ3n) is 4.93. The summed E-state index contributed by atoms with van der Waals surface area (Å²) >= 11 is 0. The van der Waals surface area contributed by atoms with Crippen LogP contribution in [0.5, 0.6) is 0 Å². The predicted molar refractivity (Wildman–Crippen MR) is 92.1 cm³/mol. The topological polar surface area (TPSA) is 83.2 Å². The Hall–Kier alpha value is -1.82. The maximum Gasteiger partial charge on any atom is 0.315 e. The number of hydrogen-bond donors (Lipinski definition) is 3. The quantitative estimate of drug-likeness (QED) is 0.745. The minimum atomic E-state index is -0.227. The summed E-state index contributed by atoms with van der Waals surface area (Å²) in [5, 5.41) is 5.72. The molecule has 3 N–H and O–H groups in total. The fourth-order valence-corrected chi connectivity index (χ4v) is 3.52. The lowest BCUT2D eigenvalue weighted by Crippen LogP contribution is -2.41. The van der Waals surface area contributed by atoms with E-state index in [9.17, 15) is 9.59 Å². The van der Waals surface area contributed by atoms with Gasteiger partial charge in [-0.05, 0) is 63.5 Å². The second-order valence-electron chi connectivity index (χ2n) is 6.92. The molecule has 1 aromatic rings. The number of aromatic nitrogens is 1. The number of hydrogen-bond acceptors (Lipinski definition) is 3. The average molecular weight is 333 g/mol. The van der Waals surface area contributed by atoms with Gasteiger partial charge in [-0.25, -0.2) is 4.79 Å². The van der Waals surface area contributed by atoms with Gasteiger partial charge in [-0.15, -0.1) is 0 Å². The Bertz CT molecular complexity index is 635. The molecule has 1 fully saturated rings. The molecule has 2 unspecified atom stereocenters. The van der Waals surface area contributed by atoms with Gasteiger partial charge >= 0.3 is 6.03 Å². The van der Waals surface area contributed by atoms with Gasteiger partial charge in [-0.2, -0.15) is 0 Å². The SMILES string of the molecule is CC(CCC1CCCO1)NC(=O)NCc1cc2c([nH]c1=O)CCC2. The summed E-state index contributed by atoms with van der Waals surface area (Å²) in [4.78, 5) is 27.0. The molecule has 2 amide bonds. The largest absolute Gasteiger partial charge is 0.378 e. The van der Waals surface area contributed by atoms with Gasteiger partial charge < -0.3 is 20.4 Å². The van der Waals surface area contributed by atoms with Crippen molar-refractivity contribution in [3.63, 3.8) is 0 Å². The molecule has 6 nitrogen and oxygen atoms in total. The Kier molecular flexibility index (Phi) is 5.56. The molecule has 0 spiro atoms. The minimum absolute atomic E-state index is 0.0903. The van der Waals surface area contributed by atoms with Crippen LogP contribution in [0.25, 0.3) is 0 Å². The first-order valence-electron chi connectivity index (χ1n) is 9.01. The highest BCUT2D eigenvalue weighted by Crippen LogP contribution is 2.19. The van der Waals surface area contributed by atoms with Crippen LogP contribution in [-0.2, 0) is 24.1 Å². The number of fused-ring (bicyclic) bond motifs is 1. The second kappa shape index (κ2) is 7.83. The van der Waals surface area contributed by atoms with Gasteiger partial charge in [0.2, 0.25) is 0 Å². The van der Waals surface area contributed by atoms with Gasteiger partial charge in [0.25, 0.3) is 5.56 Å². The molecule has 132 valence electrons. The first-order valence-corrected chi connectivity index (χ1v) is 9.01. The summed E-state index contributed by atoms with van der Waals surface area (Å²) in [6, 6.07) is 1.80. The number of carbonyl (C=O) groups is 1. The number of aryl methyl sites for hydroxylation is 2. The smallest absolute Gasteiger partial charge is 0.315 e. The molecule has 1 aliphatic carbocycles. The lowest BCUT2D eigenvalue weighted by Gasteiger charge is -2.16. The van der Waals surface area contributed by atoms with Crippen molar-refractivity contribution in [1.29, 1.82) is 0 Å². The van der Waals surface area contributed by atoms with Crippen LogP contribution >= 0.6 is 0 Å². The molecular weight excluding hydrogens is 306 g/mol. The van der Waals surface area contributed by atoms with E-state index < -0.39 is 0 Å². The van der Waals surface area contributed by atoms with Crippen LogP contribution < -0.4 is 16.2 Å². The van der Waals surface area contributed by atoms with E-state index in [0.717, 1.165) is 57.2 Å². The van der Waals surface area contributed by atoms with Crippen molar-refractivity contribution in [2.24, 2.45) is 0 Å². The van der Waals surface area contributed by atoms with Crippen LogP contribution in [0.2, 0.25) is 0 Å². The number of urea groups is 1. The van der Waals surface area contributed by atoms with Crippen molar-refractivity contribution in [2.45, 2.75) is 70.6 Å².